The Kier molecular flexibility index (Phi) is 5.60. The van der Waals surface area contributed by atoms with Crippen molar-refractivity contribution in [3.8, 4) is 11.5 Å². The number of ketones is 1. The molecule has 6 heteroatoms. The van der Waals surface area contributed by atoms with Gasteiger partial charge in [0.15, 0.2) is 17.3 Å². The van der Waals surface area contributed by atoms with Crippen LogP contribution in [0.4, 0.5) is 0 Å². The van der Waals surface area contributed by atoms with Crippen LogP contribution in [0.1, 0.15) is 36.4 Å². The van der Waals surface area contributed by atoms with Crippen LogP contribution < -0.4 is 9.47 Å². The van der Waals surface area contributed by atoms with Crippen molar-refractivity contribution in [2.24, 2.45) is 0 Å². The minimum Gasteiger partial charge on any atom is -0.493 e. The third-order valence-corrected chi connectivity index (χ3v) is 4.36. The second-order valence-corrected chi connectivity index (χ2v) is 6.40. The smallest absolute Gasteiger partial charge is 0.306 e. The van der Waals surface area contributed by atoms with E-state index in [2.05, 4.69) is 0 Å². The fraction of sp³-hybridized carbons (Fsp3) is 0.412. The second-order valence-electron chi connectivity index (χ2n) is 5.32. The molecule has 0 atom stereocenters. The summed E-state index contributed by atoms with van der Waals surface area (Å²) in [5, 5.41) is 0.917. The molecule has 0 saturated heterocycles. The zero-order valence-corrected chi connectivity index (χ0v) is 14.5. The average Bonchev–Trinajstić information content (AvgIpc) is 2.93. The SMILES string of the molecule is COc1cc2cc(C(=O)CCC(=O)OC(C)C)sc2cc1OC. The van der Waals surface area contributed by atoms with Gasteiger partial charge in [-0.2, -0.15) is 0 Å². The normalized spacial score (nSPS) is 10.8. The van der Waals surface area contributed by atoms with E-state index < -0.39 is 0 Å². The Morgan fingerprint density at radius 2 is 1.70 bits per heavy atom. The van der Waals surface area contributed by atoms with Gasteiger partial charge in [0.25, 0.3) is 0 Å². The first-order valence-electron chi connectivity index (χ1n) is 7.32. The summed E-state index contributed by atoms with van der Waals surface area (Å²) in [6, 6.07) is 5.51. The van der Waals surface area contributed by atoms with Crippen LogP contribution in [0.2, 0.25) is 0 Å². The van der Waals surface area contributed by atoms with Crippen LogP contribution in [0.15, 0.2) is 18.2 Å². The van der Waals surface area contributed by atoms with Crippen molar-refractivity contribution in [2.75, 3.05) is 14.2 Å². The molecule has 1 aromatic carbocycles. The first kappa shape index (κ1) is 17.3. The lowest BCUT2D eigenvalue weighted by Gasteiger charge is -2.06. The maximum Gasteiger partial charge on any atom is 0.306 e. The van der Waals surface area contributed by atoms with Gasteiger partial charge < -0.3 is 14.2 Å². The van der Waals surface area contributed by atoms with E-state index in [0.717, 1.165) is 10.1 Å². The Morgan fingerprint density at radius 3 is 2.30 bits per heavy atom. The lowest BCUT2D eigenvalue weighted by molar-refractivity contribution is -0.147. The molecule has 0 spiro atoms. The Hall–Kier alpha value is -2.08. The Bertz CT molecular complexity index is 676. The Morgan fingerprint density at radius 1 is 1.04 bits per heavy atom. The number of ether oxygens (including phenoxy) is 3. The molecule has 0 bridgehead atoms. The van der Waals surface area contributed by atoms with Crippen LogP contribution in [0.3, 0.4) is 0 Å². The number of thiophene rings is 1. The van der Waals surface area contributed by atoms with Crippen molar-refractivity contribution < 1.29 is 23.8 Å². The number of rotatable bonds is 7. The van der Waals surface area contributed by atoms with E-state index in [4.69, 9.17) is 14.2 Å². The van der Waals surface area contributed by atoms with Gasteiger partial charge in [-0.15, -0.1) is 11.3 Å². The Balaban J connectivity index is 2.13. The van der Waals surface area contributed by atoms with E-state index in [9.17, 15) is 9.59 Å². The lowest BCUT2D eigenvalue weighted by Crippen LogP contribution is -2.12. The summed E-state index contributed by atoms with van der Waals surface area (Å²) in [7, 11) is 3.14. The maximum atomic E-state index is 12.3. The van der Waals surface area contributed by atoms with Crippen LogP contribution in [0.5, 0.6) is 11.5 Å². The topological polar surface area (TPSA) is 61.8 Å². The number of carbonyl (C=O) groups excluding carboxylic acids is 2. The fourth-order valence-corrected chi connectivity index (χ4v) is 3.20. The standard InChI is InChI=1S/C17H20O5S/c1-10(2)22-17(19)6-5-12(18)16-8-11-7-13(20-3)14(21-4)9-15(11)23-16/h7-10H,5-6H2,1-4H3. The highest BCUT2D eigenvalue weighted by Gasteiger charge is 2.15. The van der Waals surface area contributed by atoms with E-state index in [1.807, 2.05) is 18.2 Å². The molecular formula is C17H20O5S. The number of esters is 1. The van der Waals surface area contributed by atoms with Gasteiger partial charge in [-0.3, -0.25) is 9.59 Å². The average molecular weight is 336 g/mol. The summed E-state index contributed by atoms with van der Waals surface area (Å²) in [6.45, 7) is 3.57. The monoisotopic (exact) mass is 336 g/mol. The largest absolute Gasteiger partial charge is 0.493 e. The van der Waals surface area contributed by atoms with Gasteiger partial charge in [-0.25, -0.2) is 0 Å². The summed E-state index contributed by atoms with van der Waals surface area (Å²) in [5.41, 5.74) is 0. The molecule has 0 aliphatic rings. The van der Waals surface area contributed by atoms with Gasteiger partial charge in [0.2, 0.25) is 0 Å². The number of hydrogen-bond donors (Lipinski definition) is 0. The zero-order chi connectivity index (χ0) is 17.0. The fourth-order valence-electron chi connectivity index (χ4n) is 2.16. The highest BCUT2D eigenvalue weighted by molar-refractivity contribution is 7.20. The van der Waals surface area contributed by atoms with Crippen LogP contribution in [-0.2, 0) is 9.53 Å². The van der Waals surface area contributed by atoms with E-state index in [1.165, 1.54) is 11.3 Å². The van der Waals surface area contributed by atoms with Gasteiger partial charge in [0.05, 0.1) is 31.6 Å². The van der Waals surface area contributed by atoms with Crippen molar-refractivity contribution in [2.45, 2.75) is 32.8 Å². The van der Waals surface area contributed by atoms with E-state index in [1.54, 1.807) is 28.1 Å². The summed E-state index contributed by atoms with van der Waals surface area (Å²) in [6.07, 6.45) is 0.0757. The summed E-state index contributed by atoms with van der Waals surface area (Å²) >= 11 is 1.38. The van der Waals surface area contributed by atoms with Crippen molar-refractivity contribution in [1.29, 1.82) is 0 Å². The van der Waals surface area contributed by atoms with E-state index >= 15 is 0 Å². The molecule has 0 unspecified atom stereocenters. The predicted octanol–water partition coefficient (Wildman–Crippen LogP) is 3.83. The number of methoxy groups -OCH3 is 2. The minimum absolute atomic E-state index is 0.0650. The predicted molar refractivity (Wildman–Crippen MR) is 89.7 cm³/mol. The van der Waals surface area contributed by atoms with Crippen LogP contribution >= 0.6 is 11.3 Å². The van der Waals surface area contributed by atoms with Crippen molar-refractivity contribution >= 4 is 33.2 Å². The van der Waals surface area contributed by atoms with Crippen molar-refractivity contribution in [1.82, 2.24) is 0 Å². The third-order valence-electron chi connectivity index (χ3n) is 3.22. The molecule has 1 heterocycles. The maximum absolute atomic E-state index is 12.3. The molecule has 0 aliphatic carbocycles. The van der Waals surface area contributed by atoms with E-state index in [0.29, 0.717) is 16.4 Å². The van der Waals surface area contributed by atoms with Crippen LogP contribution in [0, 0.1) is 0 Å². The molecule has 0 aliphatic heterocycles. The number of Topliss-reactive ketones (excluding diaryl/α,β-unsaturated/α-hetero) is 1. The number of hydrogen-bond acceptors (Lipinski definition) is 6. The van der Waals surface area contributed by atoms with Crippen LogP contribution in [-0.4, -0.2) is 32.1 Å². The molecule has 0 amide bonds. The first-order valence-corrected chi connectivity index (χ1v) is 8.14. The zero-order valence-electron chi connectivity index (χ0n) is 13.7. The molecule has 1 aromatic heterocycles. The molecule has 23 heavy (non-hydrogen) atoms. The highest BCUT2D eigenvalue weighted by atomic mass is 32.1. The third kappa shape index (κ3) is 4.22. The van der Waals surface area contributed by atoms with Gasteiger partial charge in [-0.05, 0) is 31.4 Å². The van der Waals surface area contributed by atoms with Gasteiger partial charge in [0, 0.05) is 17.2 Å². The molecule has 0 radical (unpaired) electrons. The van der Waals surface area contributed by atoms with Gasteiger partial charge in [0.1, 0.15) is 0 Å². The molecule has 0 saturated carbocycles. The van der Waals surface area contributed by atoms with Gasteiger partial charge >= 0.3 is 5.97 Å². The van der Waals surface area contributed by atoms with Crippen molar-refractivity contribution in [3.63, 3.8) is 0 Å². The van der Waals surface area contributed by atoms with Crippen molar-refractivity contribution in [3.05, 3.63) is 23.1 Å². The summed E-state index contributed by atoms with van der Waals surface area (Å²) in [5.74, 6) is 0.835. The molecule has 2 aromatic rings. The molecule has 0 N–H and O–H groups in total. The Labute approximate surface area is 139 Å². The highest BCUT2D eigenvalue weighted by Crippen LogP contribution is 2.36. The quantitative estimate of drug-likeness (QED) is 0.568. The molecule has 124 valence electrons. The second kappa shape index (κ2) is 7.46. The summed E-state index contributed by atoms with van der Waals surface area (Å²) < 4.78 is 16.5. The lowest BCUT2D eigenvalue weighted by atomic mass is 10.1. The molecular weight excluding hydrogens is 316 g/mol. The molecule has 5 nitrogen and oxygen atoms in total. The minimum atomic E-state index is -0.349. The summed E-state index contributed by atoms with van der Waals surface area (Å²) in [4.78, 5) is 24.4. The van der Waals surface area contributed by atoms with E-state index in [-0.39, 0.29) is 30.7 Å². The molecule has 2 rings (SSSR count). The van der Waals surface area contributed by atoms with Crippen LogP contribution in [0.25, 0.3) is 10.1 Å². The number of fused-ring (bicyclic) bond motifs is 1. The number of carbonyl (C=O) groups is 2. The first-order chi connectivity index (χ1) is 10.9. The van der Waals surface area contributed by atoms with Gasteiger partial charge in [-0.1, -0.05) is 0 Å². The number of benzene rings is 1. The molecule has 0 fully saturated rings.